The lowest BCUT2D eigenvalue weighted by molar-refractivity contribution is -0.149. The van der Waals surface area contributed by atoms with Crippen molar-refractivity contribution in [2.24, 2.45) is 11.8 Å². The first-order valence-electron chi connectivity index (χ1n) is 13.2. The first-order chi connectivity index (χ1) is 16.2. The Morgan fingerprint density at radius 3 is 2.50 bits per heavy atom. The van der Waals surface area contributed by atoms with E-state index in [9.17, 15) is 14.4 Å². The minimum Gasteiger partial charge on any atom is -0.365 e. The average molecular weight is 478 g/mol. The molecule has 4 aliphatic rings. The van der Waals surface area contributed by atoms with Crippen LogP contribution in [-0.2, 0) is 19.1 Å². The lowest BCUT2D eigenvalue weighted by atomic mass is 9.81. The predicted molar refractivity (Wildman–Crippen MR) is 129 cm³/mol. The van der Waals surface area contributed by atoms with Gasteiger partial charge in [0.15, 0.2) is 6.10 Å². The lowest BCUT2D eigenvalue weighted by Gasteiger charge is -2.44. The topological polar surface area (TPSA) is 94.2 Å². The zero-order chi connectivity index (χ0) is 24.3. The van der Waals surface area contributed by atoms with Crippen LogP contribution < -0.4 is 10.6 Å². The Labute approximate surface area is 203 Å². The van der Waals surface area contributed by atoms with Gasteiger partial charge < -0.3 is 30.1 Å². The number of hydrogen-bond donors (Lipinski definition) is 2. The minimum absolute atomic E-state index is 0.00357. The highest BCUT2D eigenvalue weighted by Crippen LogP contribution is 2.31. The van der Waals surface area contributed by atoms with Crippen LogP contribution in [0.5, 0.6) is 0 Å². The summed E-state index contributed by atoms with van der Waals surface area (Å²) in [7, 11) is 2.13. The summed E-state index contributed by atoms with van der Waals surface area (Å²) < 4.78 is 5.81. The molecule has 9 nitrogen and oxygen atoms in total. The van der Waals surface area contributed by atoms with E-state index >= 15 is 0 Å². The highest BCUT2D eigenvalue weighted by atomic mass is 16.5. The van der Waals surface area contributed by atoms with Crippen LogP contribution in [0.2, 0.25) is 0 Å². The molecule has 0 aliphatic carbocycles. The van der Waals surface area contributed by atoms with Crippen molar-refractivity contribution in [1.29, 1.82) is 0 Å². The number of carbonyl (C=O) groups is 3. The highest BCUT2D eigenvalue weighted by molar-refractivity contribution is 5.85. The largest absolute Gasteiger partial charge is 0.365 e. The standard InChI is InChI=1S/C25H43N5O4/c1-18(2)29-10-6-25(7-11-29)15-22(31)26-8-4-20-16-28(3)9-5-19(20)14-23(32)30-12-13-34-21(17-30)24(33)27-25/h18-21H,4-17H2,1-3H3,(H,26,31)(H,27,33)/t19-,20-,21-/m0/s1. The van der Waals surface area contributed by atoms with Crippen LogP contribution in [0.25, 0.3) is 0 Å². The van der Waals surface area contributed by atoms with E-state index in [-0.39, 0.29) is 24.1 Å². The third kappa shape index (κ3) is 6.10. The number of carbonyl (C=O) groups excluding carboxylic acids is 3. The molecule has 2 N–H and O–H groups in total. The molecule has 9 heteroatoms. The molecule has 0 aromatic heterocycles. The molecule has 0 unspecified atom stereocenters. The Kier molecular flexibility index (Phi) is 8.15. The summed E-state index contributed by atoms with van der Waals surface area (Å²) in [6.07, 6.45) is 3.44. The summed E-state index contributed by atoms with van der Waals surface area (Å²) in [5, 5.41) is 6.35. The summed E-state index contributed by atoms with van der Waals surface area (Å²) in [5.74, 6) is 0.617. The van der Waals surface area contributed by atoms with Gasteiger partial charge in [-0.05, 0) is 65.0 Å². The SMILES string of the molecule is CC(C)N1CCC2(CC1)CC(=O)NCC[C@H]1CN(C)CC[C@H]1CC(=O)N1CCO[C@@H](C1)C(=O)N2. The monoisotopic (exact) mass is 477 g/mol. The van der Waals surface area contributed by atoms with Crippen molar-refractivity contribution in [3.63, 3.8) is 0 Å². The van der Waals surface area contributed by atoms with Crippen LogP contribution in [0.15, 0.2) is 0 Å². The summed E-state index contributed by atoms with van der Waals surface area (Å²) in [6, 6.07) is 0.437. The number of nitrogens with zero attached hydrogens (tertiary/aromatic N) is 3. The molecule has 3 amide bonds. The van der Waals surface area contributed by atoms with Crippen molar-refractivity contribution < 1.29 is 19.1 Å². The van der Waals surface area contributed by atoms with Crippen molar-refractivity contribution >= 4 is 17.7 Å². The summed E-state index contributed by atoms with van der Waals surface area (Å²) >= 11 is 0. The average Bonchev–Trinajstić information content (AvgIpc) is 2.80. The molecule has 4 aliphatic heterocycles. The molecule has 2 bridgehead atoms. The molecule has 4 saturated heterocycles. The molecule has 0 aromatic carbocycles. The maximum atomic E-state index is 13.3. The van der Waals surface area contributed by atoms with E-state index in [4.69, 9.17) is 4.74 Å². The fourth-order valence-electron chi connectivity index (χ4n) is 6.17. The molecule has 4 heterocycles. The Morgan fingerprint density at radius 2 is 1.76 bits per heavy atom. The van der Waals surface area contributed by atoms with E-state index in [1.54, 1.807) is 0 Å². The minimum atomic E-state index is -0.681. The van der Waals surface area contributed by atoms with Gasteiger partial charge in [-0.25, -0.2) is 0 Å². The normalized spacial score (nSPS) is 32.5. The molecule has 4 rings (SSSR count). The summed E-state index contributed by atoms with van der Waals surface area (Å²) in [5.41, 5.74) is -0.573. The molecule has 192 valence electrons. The van der Waals surface area contributed by atoms with Crippen molar-refractivity contribution in [2.45, 2.75) is 70.1 Å². The van der Waals surface area contributed by atoms with E-state index in [0.29, 0.717) is 50.5 Å². The summed E-state index contributed by atoms with van der Waals surface area (Å²) in [4.78, 5) is 46.1. The van der Waals surface area contributed by atoms with Gasteiger partial charge in [0, 0.05) is 51.6 Å². The van der Waals surface area contributed by atoms with Gasteiger partial charge in [0.2, 0.25) is 11.8 Å². The molecule has 0 aromatic rings. The third-order valence-corrected chi connectivity index (χ3v) is 8.45. The van der Waals surface area contributed by atoms with Gasteiger partial charge in [0.25, 0.3) is 5.91 Å². The van der Waals surface area contributed by atoms with Gasteiger partial charge >= 0.3 is 0 Å². The Morgan fingerprint density at radius 1 is 1.00 bits per heavy atom. The van der Waals surface area contributed by atoms with Crippen molar-refractivity contribution in [3.8, 4) is 0 Å². The van der Waals surface area contributed by atoms with Gasteiger partial charge in [0.1, 0.15) is 0 Å². The van der Waals surface area contributed by atoms with E-state index in [1.165, 1.54) is 0 Å². The van der Waals surface area contributed by atoms with Crippen LogP contribution in [0.4, 0.5) is 0 Å². The molecular formula is C25H43N5O4. The molecule has 1 spiro atoms. The number of piperidine rings is 2. The lowest BCUT2D eigenvalue weighted by Crippen LogP contribution is -2.61. The molecule has 4 fully saturated rings. The number of amides is 3. The number of rotatable bonds is 1. The number of morpholine rings is 1. The number of hydrogen-bond acceptors (Lipinski definition) is 6. The highest BCUT2D eigenvalue weighted by Gasteiger charge is 2.41. The van der Waals surface area contributed by atoms with Crippen LogP contribution in [0, 0.1) is 11.8 Å². The number of fused-ring (bicyclic) bond motifs is 3. The fourth-order valence-corrected chi connectivity index (χ4v) is 6.17. The zero-order valence-corrected chi connectivity index (χ0v) is 21.2. The van der Waals surface area contributed by atoms with Gasteiger partial charge in [-0.2, -0.15) is 0 Å². The quantitative estimate of drug-likeness (QED) is 0.569. The predicted octanol–water partition coefficient (Wildman–Crippen LogP) is 0.441. The van der Waals surface area contributed by atoms with E-state index in [2.05, 4.69) is 41.3 Å². The fraction of sp³-hybridized carbons (Fsp3) is 0.880. The second kappa shape index (κ2) is 10.9. The second-order valence-corrected chi connectivity index (χ2v) is 11.2. The van der Waals surface area contributed by atoms with Gasteiger partial charge in [0.05, 0.1) is 18.7 Å². The van der Waals surface area contributed by atoms with E-state index < -0.39 is 11.6 Å². The first kappa shape index (κ1) is 25.4. The van der Waals surface area contributed by atoms with Gasteiger partial charge in [-0.15, -0.1) is 0 Å². The maximum Gasteiger partial charge on any atom is 0.251 e. The van der Waals surface area contributed by atoms with Gasteiger partial charge in [-0.3, -0.25) is 14.4 Å². The molecule has 0 radical (unpaired) electrons. The smallest absolute Gasteiger partial charge is 0.251 e. The molecule has 34 heavy (non-hydrogen) atoms. The third-order valence-electron chi connectivity index (χ3n) is 8.45. The van der Waals surface area contributed by atoms with E-state index in [1.807, 2.05) is 4.90 Å². The van der Waals surface area contributed by atoms with Crippen molar-refractivity contribution in [3.05, 3.63) is 0 Å². The van der Waals surface area contributed by atoms with Crippen LogP contribution in [0.1, 0.15) is 52.4 Å². The van der Waals surface area contributed by atoms with Crippen LogP contribution >= 0.6 is 0 Å². The number of nitrogens with one attached hydrogen (secondary N) is 2. The number of ether oxygens (including phenoxy) is 1. The van der Waals surface area contributed by atoms with Crippen molar-refractivity contribution in [1.82, 2.24) is 25.3 Å². The van der Waals surface area contributed by atoms with Crippen LogP contribution in [-0.4, -0.2) is 110 Å². The first-order valence-corrected chi connectivity index (χ1v) is 13.2. The maximum absolute atomic E-state index is 13.3. The van der Waals surface area contributed by atoms with E-state index in [0.717, 1.165) is 51.9 Å². The van der Waals surface area contributed by atoms with Crippen molar-refractivity contribution in [2.75, 3.05) is 59.5 Å². The Balaban J connectivity index is 1.53. The Hall–Kier alpha value is -1.71. The molecule has 0 saturated carbocycles. The Bertz CT molecular complexity index is 752. The van der Waals surface area contributed by atoms with Crippen LogP contribution in [0.3, 0.4) is 0 Å². The molecular weight excluding hydrogens is 434 g/mol. The number of likely N-dealkylation sites (tertiary alicyclic amines) is 2. The summed E-state index contributed by atoms with van der Waals surface area (Å²) in [6.45, 7) is 9.80. The second-order valence-electron chi connectivity index (χ2n) is 11.2. The zero-order valence-electron chi connectivity index (χ0n) is 21.2. The molecule has 3 atom stereocenters. The van der Waals surface area contributed by atoms with Gasteiger partial charge in [-0.1, -0.05) is 0 Å².